The average molecular weight is 185 g/mol. The normalized spacial score (nSPS) is 14.7. The summed E-state index contributed by atoms with van der Waals surface area (Å²) in [5, 5.41) is 3.16. The van der Waals surface area contributed by atoms with E-state index in [4.69, 9.17) is 5.73 Å². The van der Waals surface area contributed by atoms with Crippen LogP contribution in [0.2, 0.25) is 0 Å². The van der Waals surface area contributed by atoms with E-state index in [1.165, 1.54) is 6.42 Å². The van der Waals surface area contributed by atoms with E-state index in [-0.39, 0.29) is 0 Å². The Kier molecular flexibility index (Phi) is 6.37. The highest BCUT2D eigenvalue weighted by Crippen LogP contribution is 1.95. The molecular weight excluding hydrogens is 162 g/mol. The zero-order chi connectivity index (χ0) is 10.3. The molecule has 1 unspecified atom stereocenters. The topological polar surface area (TPSA) is 50.4 Å². The van der Waals surface area contributed by atoms with E-state index in [2.05, 4.69) is 38.0 Å². The van der Waals surface area contributed by atoms with Crippen molar-refractivity contribution in [2.45, 2.75) is 46.6 Å². The smallest absolute Gasteiger partial charge is 0.188 e. The standard InChI is InChI=1S/C10H23N3/c1-5-6-9(4)13-10(11)12-7-8(2)3/h8-9H,5-7H2,1-4H3,(H3,11,12,13). The van der Waals surface area contributed by atoms with Gasteiger partial charge in [0.05, 0.1) is 0 Å². The van der Waals surface area contributed by atoms with Crippen LogP contribution in [-0.4, -0.2) is 18.5 Å². The molecule has 0 aliphatic heterocycles. The van der Waals surface area contributed by atoms with Crippen molar-refractivity contribution >= 4 is 5.96 Å². The van der Waals surface area contributed by atoms with E-state index in [1.807, 2.05) is 0 Å². The van der Waals surface area contributed by atoms with Crippen LogP contribution in [0.25, 0.3) is 0 Å². The lowest BCUT2D eigenvalue weighted by atomic mass is 10.2. The van der Waals surface area contributed by atoms with Crippen molar-refractivity contribution in [3.05, 3.63) is 0 Å². The number of rotatable bonds is 5. The van der Waals surface area contributed by atoms with Gasteiger partial charge in [0.1, 0.15) is 0 Å². The molecule has 0 aromatic carbocycles. The van der Waals surface area contributed by atoms with Gasteiger partial charge in [0.2, 0.25) is 0 Å². The van der Waals surface area contributed by atoms with E-state index in [9.17, 15) is 0 Å². The Morgan fingerprint density at radius 3 is 2.46 bits per heavy atom. The third kappa shape index (κ3) is 7.62. The molecule has 0 aliphatic rings. The summed E-state index contributed by atoms with van der Waals surface area (Å²) in [5.74, 6) is 1.15. The molecule has 0 rings (SSSR count). The molecule has 13 heavy (non-hydrogen) atoms. The number of nitrogens with two attached hydrogens (primary N) is 1. The molecule has 0 aliphatic carbocycles. The van der Waals surface area contributed by atoms with Crippen LogP contribution in [0, 0.1) is 5.92 Å². The summed E-state index contributed by atoms with van der Waals surface area (Å²) in [7, 11) is 0. The Bertz CT molecular complexity index is 152. The second kappa shape index (κ2) is 6.75. The maximum absolute atomic E-state index is 5.69. The van der Waals surface area contributed by atoms with Crippen molar-refractivity contribution in [3.63, 3.8) is 0 Å². The number of nitrogens with zero attached hydrogens (tertiary/aromatic N) is 1. The molecule has 0 aromatic rings. The summed E-state index contributed by atoms with van der Waals surface area (Å²) in [6.07, 6.45) is 2.31. The van der Waals surface area contributed by atoms with Crippen molar-refractivity contribution in [3.8, 4) is 0 Å². The predicted molar refractivity (Wildman–Crippen MR) is 58.8 cm³/mol. The molecule has 0 saturated heterocycles. The maximum atomic E-state index is 5.69. The predicted octanol–water partition coefficient (Wildman–Crippen LogP) is 1.74. The summed E-state index contributed by atoms with van der Waals surface area (Å²) in [6.45, 7) is 9.36. The molecule has 0 radical (unpaired) electrons. The van der Waals surface area contributed by atoms with Gasteiger partial charge in [-0.15, -0.1) is 0 Å². The monoisotopic (exact) mass is 185 g/mol. The Morgan fingerprint density at radius 2 is 2.00 bits per heavy atom. The van der Waals surface area contributed by atoms with Crippen LogP contribution in [0.3, 0.4) is 0 Å². The van der Waals surface area contributed by atoms with E-state index in [0.29, 0.717) is 17.9 Å². The fourth-order valence-electron chi connectivity index (χ4n) is 1.08. The molecule has 0 heterocycles. The second-order valence-electron chi connectivity index (χ2n) is 3.95. The first-order chi connectivity index (χ1) is 6.06. The minimum absolute atomic E-state index is 0.431. The van der Waals surface area contributed by atoms with Crippen LogP contribution in [-0.2, 0) is 0 Å². The molecular formula is C10H23N3. The van der Waals surface area contributed by atoms with Crippen LogP contribution >= 0.6 is 0 Å². The fourth-order valence-corrected chi connectivity index (χ4v) is 1.08. The van der Waals surface area contributed by atoms with Crippen LogP contribution in [0.1, 0.15) is 40.5 Å². The minimum Gasteiger partial charge on any atom is -0.370 e. The van der Waals surface area contributed by atoms with E-state index in [1.54, 1.807) is 0 Å². The van der Waals surface area contributed by atoms with Gasteiger partial charge in [-0.25, -0.2) is 0 Å². The highest BCUT2D eigenvalue weighted by Gasteiger charge is 2.00. The first-order valence-electron chi connectivity index (χ1n) is 5.12. The summed E-state index contributed by atoms with van der Waals surface area (Å²) in [4.78, 5) is 4.23. The lowest BCUT2D eigenvalue weighted by Crippen LogP contribution is -2.38. The summed E-state index contributed by atoms with van der Waals surface area (Å²) >= 11 is 0. The van der Waals surface area contributed by atoms with Gasteiger partial charge in [0.25, 0.3) is 0 Å². The Hall–Kier alpha value is -0.730. The van der Waals surface area contributed by atoms with Gasteiger partial charge in [0.15, 0.2) is 5.96 Å². The van der Waals surface area contributed by atoms with Gasteiger partial charge in [-0.3, -0.25) is 4.99 Å². The van der Waals surface area contributed by atoms with Crippen molar-refractivity contribution in [1.29, 1.82) is 0 Å². The van der Waals surface area contributed by atoms with Crippen molar-refractivity contribution < 1.29 is 0 Å². The van der Waals surface area contributed by atoms with Gasteiger partial charge >= 0.3 is 0 Å². The van der Waals surface area contributed by atoms with Crippen LogP contribution in [0.5, 0.6) is 0 Å². The second-order valence-corrected chi connectivity index (χ2v) is 3.95. The zero-order valence-electron chi connectivity index (χ0n) is 9.30. The van der Waals surface area contributed by atoms with E-state index >= 15 is 0 Å². The first kappa shape index (κ1) is 12.3. The van der Waals surface area contributed by atoms with Gasteiger partial charge in [-0.2, -0.15) is 0 Å². The lowest BCUT2D eigenvalue weighted by molar-refractivity contribution is 0.588. The van der Waals surface area contributed by atoms with Crippen LogP contribution < -0.4 is 11.1 Å². The highest BCUT2D eigenvalue weighted by molar-refractivity contribution is 5.78. The summed E-state index contributed by atoms with van der Waals surface area (Å²) < 4.78 is 0. The lowest BCUT2D eigenvalue weighted by Gasteiger charge is -2.13. The van der Waals surface area contributed by atoms with Gasteiger partial charge < -0.3 is 11.1 Å². The molecule has 0 bridgehead atoms. The van der Waals surface area contributed by atoms with Gasteiger partial charge in [-0.05, 0) is 19.3 Å². The largest absolute Gasteiger partial charge is 0.370 e. The summed E-state index contributed by atoms with van der Waals surface area (Å²) in [5.41, 5.74) is 5.69. The zero-order valence-corrected chi connectivity index (χ0v) is 9.30. The van der Waals surface area contributed by atoms with Gasteiger partial charge in [-0.1, -0.05) is 27.2 Å². The Morgan fingerprint density at radius 1 is 1.38 bits per heavy atom. The molecule has 78 valence electrons. The number of nitrogens with one attached hydrogen (secondary N) is 1. The molecule has 0 saturated carbocycles. The van der Waals surface area contributed by atoms with Gasteiger partial charge in [0, 0.05) is 12.6 Å². The molecule has 1 atom stereocenters. The quantitative estimate of drug-likeness (QED) is 0.506. The molecule has 0 spiro atoms. The molecule has 3 nitrogen and oxygen atoms in total. The van der Waals surface area contributed by atoms with Crippen molar-refractivity contribution in [1.82, 2.24) is 5.32 Å². The number of hydrogen-bond donors (Lipinski definition) is 2. The van der Waals surface area contributed by atoms with Crippen LogP contribution in [0.4, 0.5) is 0 Å². The van der Waals surface area contributed by atoms with E-state index in [0.717, 1.165) is 13.0 Å². The third-order valence-electron chi connectivity index (χ3n) is 1.74. The first-order valence-corrected chi connectivity index (χ1v) is 5.12. The maximum Gasteiger partial charge on any atom is 0.188 e. The molecule has 3 heteroatoms. The molecule has 0 aromatic heterocycles. The molecule has 3 N–H and O–H groups in total. The Labute approximate surface area is 81.8 Å². The molecule has 0 fully saturated rings. The van der Waals surface area contributed by atoms with Crippen LogP contribution in [0.15, 0.2) is 4.99 Å². The average Bonchev–Trinajstić information content (AvgIpc) is 2.01. The number of hydrogen-bond acceptors (Lipinski definition) is 1. The fraction of sp³-hybridized carbons (Fsp3) is 0.900. The number of aliphatic imine (C=N–C) groups is 1. The Balaban J connectivity index is 3.70. The molecule has 0 amide bonds. The van der Waals surface area contributed by atoms with E-state index < -0.39 is 0 Å². The SMILES string of the molecule is CCCC(C)NC(N)=NCC(C)C. The number of guanidine groups is 1. The minimum atomic E-state index is 0.431. The summed E-state index contributed by atoms with van der Waals surface area (Å²) in [6, 6.07) is 0.431. The van der Waals surface area contributed by atoms with Crippen molar-refractivity contribution in [2.75, 3.05) is 6.54 Å². The third-order valence-corrected chi connectivity index (χ3v) is 1.74. The van der Waals surface area contributed by atoms with Crippen molar-refractivity contribution in [2.24, 2.45) is 16.6 Å². The highest BCUT2D eigenvalue weighted by atomic mass is 15.1.